The van der Waals surface area contributed by atoms with Crippen LogP contribution in [0.25, 0.3) is 10.8 Å². The molecule has 0 aliphatic carbocycles. The third-order valence-electron chi connectivity index (χ3n) is 4.07. The van der Waals surface area contributed by atoms with Gasteiger partial charge in [-0.3, -0.25) is 4.79 Å². The van der Waals surface area contributed by atoms with E-state index < -0.39 is 0 Å². The van der Waals surface area contributed by atoms with Gasteiger partial charge in [-0.15, -0.1) is 11.3 Å². The number of pyridine rings is 1. The van der Waals surface area contributed by atoms with Gasteiger partial charge in [0.1, 0.15) is 11.5 Å². The van der Waals surface area contributed by atoms with Gasteiger partial charge < -0.3 is 19.4 Å². The Kier molecular flexibility index (Phi) is 4.94. The van der Waals surface area contributed by atoms with E-state index in [4.69, 9.17) is 9.15 Å². The van der Waals surface area contributed by atoms with Crippen LogP contribution in [-0.2, 0) is 11.3 Å². The van der Waals surface area contributed by atoms with E-state index in [0.717, 1.165) is 24.5 Å². The number of amides is 1. The Hall–Kier alpha value is -2.71. The number of thiazole rings is 1. The standard InChI is InChI=1S/C18H18N4O3S/c23-17(14-12-26-18(21-14)15-2-1-7-25-15)20-11-13-3-4-19-16(10-13)22-5-8-24-9-6-22/h1-4,7,10,12H,5-6,8-9,11H2,(H,20,23). The van der Waals surface area contributed by atoms with Gasteiger partial charge in [-0.2, -0.15) is 0 Å². The quantitative estimate of drug-likeness (QED) is 0.743. The Morgan fingerprint density at radius 2 is 2.19 bits per heavy atom. The van der Waals surface area contributed by atoms with Crippen LogP contribution in [0.3, 0.4) is 0 Å². The van der Waals surface area contributed by atoms with Crippen LogP contribution in [0.2, 0.25) is 0 Å². The fraction of sp³-hybridized carbons (Fsp3) is 0.278. The maximum absolute atomic E-state index is 12.3. The first-order valence-corrected chi connectivity index (χ1v) is 9.23. The van der Waals surface area contributed by atoms with Gasteiger partial charge >= 0.3 is 0 Å². The van der Waals surface area contributed by atoms with Gasteiger partial charge in [0.2, 0.25) is 0 Å². The molecule has 3 aromatic heterocycles. The summed E-state index contributed by atoms with van der Waals surface area (Å²) in [6.45, 7) is 3.51. The number of nitrogens with zero attached hydrogens (tertiary/aromatic N) is 3. The molecule has 26 heavy (non-hydrogen) atoms. The predicted molar refractivity (Wildman–Crippen MR) is 98.3 cm³/mol. The first-order chi connectivity index (χ1) is 12.8. The zero-order valence-electron chi connectivity index (χ0n) is 14.1. The van der Waals surface area contributed by atoms with Crippen LogP contribution in [-0.4, -0.2) is 42.2 Å². The average Bonchev–Trinajstić information content (AvgIpc) is 3.38. The van der Waals surface area contributed by atoms with E-state index in [0.29, 0.717) is 36.2 Å². The number of aromatic nitrogens is 2. The number of anilines is 1. The highest BCUT2D eigenvalue weighted by atomic mass is 32.1. The van der Waals surface area contributed by atoms with Crippen LogP contribution >= 0.6 is 11.3 Å². The van der Waals surface area contributed by atoms with Crippen LogP contribution in [0, 0.1) is 0 Å². The Balaban J connectivity index is 1.38. The lowest BCUT2D eigenvalue weighted by molar-refractivity contribution is 0.0946. The van der Waals surface area contributed by atoms with Gasteiger partial charge in [-0.05, 0) is 29.8 Å². The van der Waals surface area contributed by atoms with Gasteiger partial charge in [0, 0.05) is 31.2 Å². The molecule has 7 nitrogen and oxygen atoms in total. The summed E-state index contributed by atoms with van der Waals surface area (Å²) in [5.41, 5.74) is 1.39. The molecule has 0 atom stereocenters. The van der Waals surface area contributed by atoms with Gasteiger partial charge in [-0.25, -0.2) is 9.97 Å². The second-order valence-corrected chi connectivity index (χ2v) is 6.68. The summed E-state index contributed by atoms with van der Waals surface area (Å²) in [5, 5.41) is 5.34. The molecule has 1 aliphatic heterocycles. The monoisotopic (exact) mass is 370 g/mol. The molecule has 1 aliphatic rings. The van der Waals surface area contributed by atoms with E-state index in [-0.39, 0.29) is 5.91 Å². The average molecular weight is 370 g/mol. The van der Waals surface area contributed by atoms with Crippen molar-refractivity contribution in [2.45, 2.75) is 6.54 Å². The molecule has 1 N–H and O–H groups in total. The van der Waals surface area contributed by atoms with Crippen molar-refractivity contribution < 1.29 is 13.9 Å². The molecule has 3 aromatic rings. The first-order valence-electron chi connectivity index (χ1n) is 8.35. The van der Waals surface area contributed by atoms with E-state index in [1.165, 1.54) is 11.3 Å². The number of nitrogens with one attached hydrogen (secondary N) is 1. The van der Waals surface area contributed by atoms with Crippen LogP contribution in [0.4, 0.5) is 5.82 Å². The van der Waals surface area contributed by atoms with Crippen molar-refractivity contribution in [1.29, 1.82) is 0 Å². The van der Waals surface area contributed by atoms with E-state index in [1.54, 1.807) is 23.9 Å². The van der Waals surface area contributed by atoms with E-state index in [9.17, 15) is 4.79 Å². The fourth-order valence-corrected chi connectivity index (χ4v) is 3.47. The predicted octanol–water partition coefficient (Wildman–Crippen LogP) is 2.56. The molecule has 4 heterocycles. The summed E-state index contributed by atoms with van der Waals surface area (Å²) in [5.74, 6) is 1.37. The van der Waals surface area contributed by atoms with Crippen molar-refractivity contribution in [1.82, 2.24) is 15.3 Å². The minimum absolute atomic E-state index is 0.205. The lowest BCUT2D eigenvalue weighted by atomic mass is 10.2. The molecule has 0 aromatic carbocycles. The molecule has 0 bridgehead atoms. The van der Waals surface area contributed by atoms with Crippen LogP contribution < -0.4 is 10.2 Å². The third-order valence-corrected chi connectivity index (χ3v) is 4.92. The van der Waals surface area contributed by atoms with Gasteiger partial charge in [0.25, 0.3) is 5.91 Å². The highest BCUT2D eigenvalue weighted by molar-refractivity contribution is 7.13. The summed E-state index contributed by atoms with van der Waals surface area (Å²) < 4.78 is 10.7. The minimum Gasteiger partial charge on any atom is -0.462 e. The maximum atomic E-state index is 12.3. The SMILES string of the molecule is O=C(NCc1ccnc(N2CCOCC2)c1)c1csc(-c2ccco2)n1. The fourth-order valence-electron chi connectivity index (χ4n) is 2.70. The Morgan fingerprint density at radius 3 is 3.00 bits per heavy atom. The van der Waals surface area contributed by atoms with E-state index in [1.807, 2.05) is 18.2 Å². The molecule has 1 amide bonds. The minimum atomic E-state index is -0.205. The summed E-state index contributed by atoms with van der Waals surface area (Å²) in [4.78, 5) is 23.3. The summed E-state index contributed by atoms with van der Waals surface area (Å²) in [6, 6.07) is 7.52. The third kappa shape index (κ3) is 3.76. The first kappa shape index (κ1) is 16.7. The molecule has 0 spiro atoms. The van der Waals surface area contributed by atoms with Crippen molar-refractivity contribution in [3.05, 3.63) is 53.4 Å². The Morgan fingerprint density at radius 1 is 1.31 bits per heavy atom. The summed E-state index contributed by atoms with van der Waals surface area (Å²) in [7, 11) is 0. The maximum Gasteiger partial charge on any atom is 0.271 e. The van der Waals surface area contributed by atoms with Crippen LogP contribution in [0.5, 0.6) is 0 Å². The smallest absolute Gasteiger partial charge is 0.271 e. The normalized spacial score (nSPS) is 14.4. The number of hydrogen-bond donors (Lipinski definition) is 1. The number of carbonyl (C=O) groups is 1. The molecule has 0 saturated carbocycles. The summed E-state index contributed by atoms with van der Waals surface area (Å²) >= 11 is 1.38. The Bertz CT molecular complexity index is 872. The second kappa shape index (κ2) is 7.67. The number of carbonyl (C=O) groups excluding carboxylic acids is 1. The van der Waals surface area contributed by atoms with E-state index in [2.05, 4.69) is 20.2 Å². The van der Waals surface area contributed by atoms with Crippen molar-refractivity contribution in [3.63, 3.8) is 0 Å². The molecule has 0 unspecified atom stereocenters. The Labute approximate surface area is 154 Å². The lowest BCUT2D eigenvalue weighted by Crippen LogP contribution is -2.36. The molecular formula is C18H18N4O3S. The largest absolute Gasteiger partial charge is 0.462 e. The molecule has 1 fully saturated rings. The zero-order valence-corrected chi connectivity index (χ0v) is 14.9. The van der Waals surface area contributed by atoms with Crippen molar-refractivity contribution in [3.8, 4) is 10.8 Å². The van der Waals surface area contributed by atoms with Gasteiger partial charge in [0.05, 0.1) is 19.5 Å². The molecule has 134 valence electrons. The second-order valence-electron chi connectivity index (χ2n) is 5.82. The highest BCUT2D eigenvalue weighted by Crippen LogP contribution is 2.24. The van der Waals surface area contributed by atoms with Crippen molar-refractivity contribution in [2.24, 2.45) is 0 Å². The number of morpholine rings is 1. The number of hydrogen-bond acceptors (Lipinski definition) is 7. The molecule has 4 rings (SSSR count). The van der Waals surface area contributed by atoms with Crippen molar-refractivity contribution in [2.75, 3.05) is 31.2 Å². The topological polar surface area (TPSA) is 80.5 Å². The van der Waals surface area contributed by atoms with E-state index >= 15 is 0 Å². The van der Waals surface area contributed by atoms with Gasteiger partial charge in [-0.1, -0.05) is 0 Å². The van der Waals surface area contributed by atoms with Gasteiger partial charge in [0.15, 0.2) is 10.8 Å². The highest BCUT2D eigenvalue weighted by Gasteiger charge is 2.15. The molecule has 8 heteroatoms. The lowest BCUT2D eigenvalue weighted by Gasteiger charge is -2.28. The van der Waals surface area contributed by atoms with Crippen molar-refractivity contribution >= 4 is 23.1 Å². The molecule has 1 saturated heterocycles. The number of ether oxygens (including phenoxy) is 1. The van der Waals surface area contributed by atoms with Crippen LogP contribution in [0.1, 0.15) is 16.1 Å². The van der Waals surface area contributed by atoms with Crippen LogP contribution in [0.15, 0.2) is 46.5 Å². The number of furan rings is 1. The molecule has 0 radical (unpaired) electrons. The zero-order chi connectivity index (χ0) is 17.8. The molecular weight excluding hydrogens is 352 g/mol. The number of rotatable bonds is 5. The summed E-state index contributed by atoms with van der Waals surface area (Å²) in [6.07, 6.45) is 3.36.